The molecule has 0 saturated carbocycles. The van der Waals surface area contributed by atoms with Crippen LogP contribution in [0.15, 0.2) is 24.3 Å². The van der Waals surface area contributed by atoms with Gasteiger partial charge in [-0.1, -0.05) is 18.2 Å². The minimum Gasteiger partial charge on any atom is -0.493 e. The third-order valence-corrected chi connectivity index (χ3v) is 3.28. The van der Waals surface area contributed by atoms with E-state index in [1.807, 2.05) is 24.3 Å². The molecule has 6 nitrogen and oxygen atoms in total. The van der Waals surface area contributed by atoms with Crippen molar-refractivity contribution in [3.05, 3.63) is 29.8 Å². The Balaban J connectivity index is 2.10. The maximum absolute atomic E-state index is 10.8. The zero-order valence-electron chi connectivity index (χ0n) is 11.0. The summed E-state index contributed by atoms with van der Waals surface area (Å²) in [6.07, 6.45) is 0.757. The van der Waals surface area contributed by atoms with Gasteiger partial charge in [0.1, 0.15) is 5.75 Å². The molecule has 0 aromatic heterocycles. The fraction of sp³-hybridized carbons (Fsp3) is 0.429. The normalized spacial score (nSPS) is 17.4. The van der Waals surface area contributed by atoms with E-state index >= 15 is 0 Å². The standard InChI is InChI=1S/C14H17NO5/c16-13(17)8-15(9-14(18)19)7-10-5-6-20-12-4-2-1-3-11(10)12/h1-4,10H,5-9H2,(H,16,17)(H,18,19). The molecular weight excluding hydrogens is 262 g/mol. The van der Waals surface area contributed by atoms with Crippen LogP contribution in [0.4, 0.5) is 0 Å². The molecule has 1 aromatic rings. The van der Waals surface area contributed by atoms with E-state index in [0.29, 0.717) is 13.2 Å². The molecule has 0 radical (unpaired) electrons. The molecule has 0 saturated heterocycles. The molecule has 2 N–H and O–H groups in total. The van der Waals surface area contributed by atoms with E-state index < -0.39 is 11.9 Å². The van der Waals surface area contributed by atoms with E-state index in [-0.39, 0.29) is 19.0 Å². The first-order chi connectivity index (χ1) is 9.56. The molecule has 1 aromatic carbocycles. The van der Waals surface area contributed by atoms with Crippen LogP contribution in [0.1, 0.15) is 17.9 Å². The first-order valence-electron chi connectivity index (χ1n) is 6.44. The van der Waals surface area contributed by atoms with Crippen LogP contribution >= 0.6 is 0 Å². The van der Waals surface area contributed by atoms with Crippen LogP contribution in [0.3, 0.4) is 0 Å². The monoisotopic (exact) mass is 279 g/mol. The summed E-state index contributed by atoms with van der Waals surface area (Å²) in [6.45, 7) is 0.423. The summed E-state index contributed by atoms with van der Waals surface area (Å²) < 4.78 is 5.55. The van der Waals surface area contributed by atoms with Gasteiger partial charge in [0.2, 0.25) is 0 Å². The van der Waals surface area contributed by atoms with Crippen molar-refractivity contribution in [3.63, 3.8) is 0 Å². The summed E-state index contributed by atoms with van der Waals surface area (Å²) in [6, 6.07) is 7.60. The molecule has 0 amide bonds. The fourth-order valence-electron chi connectivity index (χ4n) is 2.48. The van der Waals surface area contributed by atoms with Crippen LogP contribution in [0.2, 0.25) is 0 Å². The fourth-order valence-corrected chi connectivity index (χ4v) is 2.48. The van der Waals surface area contributed by atoms with Crippen LogP contribution in [0.25, 0.3) is 0 Å². The first kappa shape index (κ1) is 14.3. The third kappa shape index (κ3) is 3.71. The van der Waals surface area contributed by atoms with Crippen LogP contribution in [-0.2, 0) is 9.59 Å². The van der Waals surface area contributed by atoms with Gasteiger partial charge in [0.15, 0.2) is 0 Å². The predicted molar refractivity (Wildman–Crippen MR) is 71.0 cm³/mol. The lowest BCUT2D eigenvalue weighted by atomic mass is 9.92. The Kier molecular flexibility index (Phi) is 4.57. The number of rotatable bonds is 6. The van der Waals surface area contributed by atoms with Gasteiger partial charge in [0.25, 0.3) is 0 Å². The number of nitrogens with zero attached hydrogens (tertiary/aromatic N) is 1. The maximum Gasteiger partial charge on any atom is 0.317 e. The lowest BCUT2D eigenvalue weighted by molar-refractivity contribution is -0.141. The molecular formula is C14H17NO5. The van der Waals surface area contributed by atoms with E-state index in [0.717, 1.165) is 17.7 Å². The molecule has 0 spiro atoms. The third-order valence-electron chi connectivity index (χ3n) is 3.28. The summed E-state index contributed by atoms with van der Waals surface area (Å²) in [5, 5.41) is 17.7. The Labute approximate surface area is 116 Å². The van der Waals surface area contributed by atoms with Gasteiger partial charge in [-0.2, -0.15) is 0 Å². The number of carboxylic acid groups (broad SMARTS) is 2. The summed E-state index contributed by atoms with van der Waals surface area (Å²) >= 11 is 0. The topological polar surface area (TPSA) is 87.1 Å². The van der Waals surface area contributed by atoms with Crippen molar-refractivity contribution in [3.8, 4) is 5.75 Å². The second kappa shape index (κ2) is 6.38. The molecule has 0 bridgehead atoms. The molecule has 108 valence electrons. The Hall–Kier alpha value is -2.08. The number of aliphatic carboxylic acids is 2. The van der Waals surface area contributed by atoms with Gasteiger partial charge in [-0.15, -0.1) is 0 Å². The number of carboxylic acids is 2. The molecule has 1 aliphatic heterocycles. The van der Waals surface area contributed by atoms with Crippen molar-refractivity contribution in [2.24, 2.45) is 0 Å². The van der Waals surface area contributed by atoms with E-state index in [2.05, 4.69) is 0 Å². The van der Waals surface area contributed by atoms with E-state index in [1.54, 1.807) is 0 Å². The van der Waals surface area contributed by atoms with Crippen LogP contribution in [0.5, 0.6) is 5.75 Å². The highest BCUT2D eigenvalue weighted by Crippen LogP contribution is 2.33. The number of carbonyl (C=O) groups is 2. The quantitative estimate of drug-likeness (QED) is 0.808. The molecule has 1 atom stereocenters. The molecule has 1 unspecified atom stereocenters. The Morgan fingerprint density at radius 3 is 2.50 bits per heavy atom. The molecule has 20 heavy (non-hydrogen) atoms. The number of hydrogen-bond donors (Lipinski definition) is 2. The number of fused-ring (bicyclic) bond motifs is 1. The Morgan fingerprint density at radius 2 is 1.85 bits per heavy atom. The smallest absolute Gasteiger partial charge is 0.317 e. The second-order valence-corrected chi connectivity index (χ2v) is 4.83. The summed E-state index contributed by atoms with van der Waals surface area (Å²) in [4.78, 5) is 23.1. The van der Waals surface area contributed by atoms with Crippen molar-refractivity contribution >= 4 is 11.9 Å². The van der Waals surface area contributed by atoms with Crippen LogP contribution in [-0.4, -0.2) is 53.3 Å². The number of hydrogen-bond acceptors (Lipinski definition) is 4. The molecule has 2 rings (SSSR count). The summed E-state index contributed by atoms with van der Waals surface area (Å²) in [7, 11) is 0. The van der Waals surface area contributed by atoms with Crippen molar-refractivity contribution in [1.29, 1.82) is 0 Å². The van der Waals surface area contributed by atoms with Crippen molar-refractivity contribution in [2.45, 2.75) is 12.3 Å². The molecule has 0 aliphatic carbocycles. The van der Waals surface area contributed by atoms with E-state index in [4.69, 9.17) is 14.9 Å². The number of benzene rings is 1. The first-order valence-corrected chi connectivity index (χ1v) is 6.44. The van der Waals surface area contributed by atoms with Gasteiger partial charge in [-0.3, -0.25) is 14.5 Å². The second-order valence-electron chi connectivity index (χ2n) is 4.83. The minimum absolute atomic E-state index is 0.0960. The highest BCUT2D eigenvalue weighted by Gasteiger charge is 2.25. The van der Waals surface area contributed by atoms with Gasteiger partial charge < -0.3 is 14.9 Å². The van der Waals surface area contributed by atoms with E-state index in [1.165, 1.54) is 4.90 Å². The zero-order chi connectivity index (χ0) is 14.5. The molecule has 0 fully saturated rings. The predicted octanol–water partition coefficient (Wildman–Crippen LogP) is 1.02. The zero-order valence-corrected chi connectivity index (χ0v) is 11.0. The lowest BCUT2D eigenvalue weighted by Crippen LogP contribution is -2.38. The van der Waals surface area contributed by atoms with E-state index in [9.17, 15) is 9.59 Å². The summed E-state index contributed by atoms with van der Waals surface area (Å²) in [5.74, 6) is -1.15. The van der Waals surface area contributed by atoms with Gasteiger partial charge in [-0.25, -0.2) is 0 Å². The van der Waals surface area contributed by atoms with Gasteiger partial charge in [0, 0.05) is 12.5 Å². The SMILES string of the molecule is O=C(O)CN(CC(=O)O)CC1CCOc2ccccc21. The highest BCUT2D eigenvalue weighted by molar-refractivity contribution is 5.72. The van der Waals surface area contributed by atoms with Crippen LogP contribution in [0, 0.1) is 0 Å². The van der Waals surface area contributed by atoms with Gasteiger partial charge in [0.05, 0.1) is 19.7 Å². The average molecular weight is 279 g/mol. The van der Waals surface area contributed by atoms with Gasteiger partial charge in [-0.05, 0) is 18.1 Å². The lowest BCUT2D eigenvalue weighted by Gasteiger charge is -2.29. The Morgan fingerprint density at radius 1 is 1.20 bits per heavy atom. The number of para-hydroxylation sites is 1. The van der Waals surface area contributed by atoms with Gasteiger partial charge >= 0.3 is 11.9 Å². The number of ether oxygens (including phenoxy) is 1. The highest BCUT2D eigenvalue weighted by atomic mass is 16.5. The Bertz CT molecular complexity index is 486. The summed E-state index contributed by atoms with van der Waals surface area (Å²) in [5.41, 5.74) is 1.01. The van der Waals surface area contributed by atoms with Crippen LogP contribution < -0.4 is 4.74 Å². The molecule has 1 heterocycles. The van der Waals surface area contributed by atoms with Crippen molar-refractivity contribution in [2.75, 3.05) is 26.2 Å². The largest absolute Gasteiger partial charge is 0.493 e. The average Bonchev–Trinajstić information content (AvgIpc) is 2.37. The molecule has 6 heteroatoms. The van der Waals surface area contributed by atoms with Crippen molar-refractivity contribution in [1.82, 2.24) is 4.90 Å². The minimum atomic E-state index is -1.02. The van der Waals surface area contributed by atoms with Crippen molar-refractivity contribution < 1.29 is 24.5 Å². The molecule has 1 aliphatic rings. The maximum atomic E-state index is 10.8.